The molecular formula is C10H11NO2. The summed E-state index contributed by atoms with van der Waals surface area (Å²) in [6.45, 7) is 3.60. The molecule has 0 amide bonds. The molecule has 0 aliphatic carbocycles. The van der Waals surface area contributed by atoms with Gasteiger partial charge in [0.25, 0.3) is 5.69 Å². The minimum absolute atomic E-state index is 0.154. The van der Waals surface area contributed by atoms with Crippen molar-refractivity contribution in [2.75, 3.05) is 0 Å². The van der Waals surface area contributed by atoms with Crippen LogP contribution in [-0.2, 0) is 6.42 Å². The smallest absolute Gasteiger partial charge is 0.258 e. The Morgan fingerprint density at radius 1 is 1.54 bits per heavy atom. The predicted molar refractivity (Wildman–Crippen MR) is 51.6 cm³/mol. The number of benzene rings is 1. The summed E-state index contributed by atoms with van der Waals surface area (Å²) < 4.78 is 0. The second-order valence-electron chi connectivity index (χ2n) is 2.75. The summed E-state index contributed by atoms with van der Waals surface area (Å²) in [6, 6.07) is 6.69. The number of allylic oxidation sites excluding steroid dienone is 1. The Balaban J connectivity index is 2.79. The summed E-state index contributed by atoms with van der Waals surface area (Å²) in [5.41, 5.74) is 1.13. The van der Waals surface area contributed by atoms with Gasteiger partial charge in [-0.2, -0.15) is 0 Å². The molecule has 0 bridgehead atoms. The van der Waals surface area contributed by atoms with Crippen LogP contribution in [0, 0.1) is 10.1 Å². The van der Waals surface area contributed by atoms with Crippen LogP contribution < -0.4 is 0 Å². The highest BCUT2D eigenvalue weighted by atomic mass is 16.6. The van der Waals surface area contributed by atoms with Gasteiger partial charge in [-0.3, -0.25) is 10.1 Å². The van der Waals surface area contributed by atoms with E-state index in [1.54, 1.807) is 18.2 Å². The first-order valence-corrected chi connectivity index (χ1v) is 4.08. The first-order chi connectivity index (χ1) is 6.24. The van der Waals surface area contributed by atoms with Gasteiger partial charge in [0.05, 0.1) is 4.92 Å². The van der Waals surface area contributed by atoms with E-state index in [1.165, 1.54) is 6.07 Å². The van der Waals surface area contributed by atoms with E-state index in [1.807, 2.05) is 6.07 Å². The van der Waals surface area contributed by atoms with Crippen molar-refractivity contribution in [2.45, 2.75) is 12.8 Å². The molecule has 0 heterocycles. The molecule has 3 heteroatoms. The Hall–Kier alpha value is -1.64. The fourth-order valence-corrected chi connectivity index (χ4v) is 1.09. The maximum Gasteiger partial charge on any atom is 0.269 e. The molecule has 0 spiro atoms. The largest absolute Gasteiger partial charge is 0.269 e. The second kappa shape index (κ2) is 4.40. The van der Waals surface area contributed by atoms with Crippen LogP contribution in [0.5, 0.6) is 0 Å². The van der Waals surface area contributed by atoms with Crippen LogP contribution >= 0.6 is 0 Å². The van der Waals surface area contributed by atoms with E-state index in [0.717, 1.165) is 18.4 Å². The summed E-state index contributed by atoms with van der Waals surface area (Å²) >= 11 is 0. The molecule has 0 unspecified atom stereocenters. The monoisotopic (exact) mass is 177 g/mol. The molecular weight excluding hydrogens is 166 g/mol. The maximum atomic E-state index is 10.4. The summed E-state index contributed by atoms with van der Waals surface area (Å²) in [6.07, 6.45) is 3.46. The number of non-ortho nitro benzene ring substituents is 1. The lowest BCUT2D eigenvalue weighted by Gasteiger charge is -1.97. The molecule has 3 nitrogen and oxygen atoms in total. The normalized spacial score (nSPS) is 9.54. The van der Waals surface area contributed by atoms with E-state index < -0.39 is 0 Å². The van der Waals surface area contributed by atoms with E-state index in [0.29, 0.717) is 0 Å². The van der Waals surface area contributed by atoms with Crippen LogP contribution in [0.2, 0.25) is 0 Å². The summed E-state index contributed by atoms with van der Waals surface area (Å²) in [7, 11) is 0. The van der Waals surface area contributed by atoms with Crippen LogP contribution in [-0.4, -0.2) is 4.92 Å². The van der Waals surface area contributed by atoms with E-state index >= 15 is 0 Å². The Bertz CT molecular complexity index is 320. The number of hydrogen-bond acceptors (Lipinski definition) is 2. The van der Waals surface area contributed by atoms with Crippen LogP contribution in [0.15, 0.2) is 36.9 Å². The van der Waals surface area contributed by atoms with Gasteiger partial charge in [0, 0.05) is 12.1 Å². The average Bonchev–Trinajstić information content (AvgIpc) is 2.15. The number of nitro groups is 1. The molecule has 0 aromatic heterocycles. The van der Waals surface area contributed by atoms with E-state index in [9.17, 15) is 10.1 Å². The molecule has 0 aliphatic heterocycles. The highest BCUT2D eigenvalue weighted by Crippen LogP contribution is 2.14. The van der Waals surface area contributed by atoms with E-state index in [-0.39, 0.29) is 10.6 Å². The lowest BCUT2D eigenvalue weighted by atomic mass is 10.1. The van der Waals surface area contributed by atoms with Crippen molar-refractivity contribution in [2.24, 2.45) is 0 Å². The van der Waals surface area contributed by atoms with Crippen LogP contribution in [0.3, 0.4) is 0 Å². The Kier molecular flexibility index (Phi) is 3.20. The average molecular weight is 177 g/mol. The molecule has 0 aliphatic rings. The third-order valence-electron chi connectivity index (χ3n) is 1.76. The highest BCUT2D eigenvalue weighted by molar-refractivity contribution is 5.34. The SMILES string of the molecule is C=CCCc1cccc([N+](=O)[O-])c1. The number of nitro benzene ring substituents is 1. The molecule has 1 rings (SSSR count). The first kappa shape index (κ1) is 9.45. The van der Waals surface area contributed by atoms with E-state index in [2.05, 4.69) is 6.58 Å². The molecule has 13 heavy (non-hydrogen) atoms. The molecule has 0 radical (unpaired) electrons. The maximum absolute atomic E-state index is 10.4. The zero-order valence-corrected chi connectivity index (χ0v) is 7.27. The number of rotatable bonds is 4. The molecule has 0 saturated heterocycles. The lowest BCUT2D eigenvalue weighted by molar-refractivity contribution is -0.384. The number of nitrogens with zero attached hydrogens (tertiary/aromatic N) is 1. The summed E-state index contributed by atoms with van der Waals surface area (Å²) in [5, 5.41) is 10.4. The van der Waals surface area contributed by atoms with Crippen molar-refractivity contribution in [1.82, 2.24) is 0 Å². The molecule has 0 saturated carbocycles. The Morgan fingerprint density at radius 3 is 2.92 bits per heavy atom. The third-order valence-corrected chi connectivity index (χ3v) is 1.76. The van der Waals surface area contributed by atoms with Crippen LogP contribution in [0.25, 0.3) is 0 Å². The fraction of sp³-hybridized carbons (Fsp3) is 0.200. The van der Waals surface area contributed by atoms with Crippen LogP contribution in [0.1, 0.15) is 12.0 Å². The standard InChI is InChI=1S/C10H11NO2/c1-2-3-5-9-6-4-7-10(8-9)11(12)13/h2,4,6-8H,1,3,5H2. The molecule has 0 atom stereocenters. The molecule has 0 fully saturated rings. The number of aryl methyl sites for hydroxylation is 1. The van der Waals surface area contributed by atoms with Gasteiger partial charge in [-0.05, 0) is 18.4 Å². The van der Waals surface area contributed by atoms with Crippen molar-refractivity contribution < 1.29 is 4.92 Å². The van der Waals surface area contributed by atoms with Gasteiger partial charge in [0.2, 0.25) is 0 Å². The topological polar surface area (TPSA) is 43.1 Å². The van der Waals surface area contributed by atoms with Crippen molar-refractivity contribution in [3.63, 3.8) is 0 Å². The van der Waals surface area contributed by atoms with Crippen molar-refractivity contribution >= 4 is 5.69 Å². The quantitative estimate of drug-likeness (QED) is 0.403. The van der Waals surface area contributed by atoms with Crippen molar-refractivity contribution in [3.8, 4) is 0 Å². The van der Waals surface area contributed by atoms with E-state index in [4.69, 9.17) is 0 Å². The third kappa shape index (κ3) is 2.71. The van der Waals surface area contributed by atoms with Gasteiger partial charge in [0.1, 0.15) is 0 Å². The predicted octanol–water partition coefficient (Wildman–Crippen LogP) is 2.71. The van der Waals surface area contributed by atoms with Gasteiger partial charge in [0.15, 0.2) is 0 Å². The Morgan fingerprint density at radius 2 is 2.31 bits per heavy atom. The summed E-state index contributed by atoms with van der Waals surface area (Å²) in [4.78, 5) is 10.0. The molecule has 1 aromatic rings. The lowest BCUT2D eigenvalue weighted by Crippen LogP contribution is -1.90. The zero-order valence-electron chi connectivity index (χ0n) is 7.27. The zero-order chi connectivity index (χ0) is 9.68. The van der Waals surface area contributed by atoms with Crippen molar-refractivity contribution in [3.05, 3.63) is 52.6 Å². The minimum atomic E-state index is -0.378. The molecule has 1 aromatic carbocycles. The fourth-order valence-electron chi connectivity index (χ4n) is 1.09. The van der Waals surface area contributed by atoms with Gasteiger partial charge >= 0.3 is 0 Å². The summed E-state index contributed by atoms with van der Waals surface area (Å²) in [5.74, 6) is 0. The number of hydrogen-bond donors (Lipinski definition) is 0. The first-order valence-electron chi connectivity index (χ1n) is 4.08. The van der Waals surface area contributed by atoms with Crippen LogP contribution in [0.4, 0.5) is 5.69 Å². The highest BCUT2D eigenvalue weighted by Gasteiger charge is 2.04. The molecule has 68 valence electrons. The van der Waals surface area contributed by atoms with Gasteiger partial charge in [-0.25, -0.2) is 0 Å². The van der Waals surface area contributed by atoms with Gasteiger partial charge in [-0.1, -0.05) is 18.2 Å². The Labute approximate surface area is 76.9 Å². The second-order valence-corrected chi connectivity index (χ2v) is 2.75. The van der Waals surface area contributed by atoms with Gasteiger partial charge in [-0.15, -0.1) is 6.58 Å². The molecule has 0 N–H and O–H groups in total. The van der Waals surface area contributed by atoms with Gasteiger partial charge < -0.3 is 0 Å². The van der Waals surface area contributed by atoms with Crippen molar-refractivity contribution in [1.29, 1.82) is 0 Å². The minimum Gasteiger partial charge on any atom is -0.258 e.